The van der Waals surface area contributed by atoms with E-state index in [1.807, 2.05) is 18.2 Å². The van der Waals surface area contributed by atoms with Crippen molar-refractivity contribution >= 4 is 11.8 Å². The lowest BCUT2D eigenvalue weighted by atomic mass is 10.2. The van der Waals surface area contributed by atoms with Crippen molar-refractivity contribution in [3.8, 4) is 0 Å². The van der Waals surface area contributed by atoms with Crippen molar-refractivity contribution < 1.29 is 9.26 Å². The quantitative estimate of drug-likeness (QED) is 0.854. The van der Waals surface area contributed by atoms with Gasteiger partial charge in [0.25, 0.3) is 0 Å². The Bertz CT molecular complexity index is 546. The molecule has 1 aromatic carbocycles. The molecule has 0 aliphatic carbocycles. The second-order valence-corrected chi connectivity index (χ2v) is 5.75. The molecular formula is C14H17N3O2S. The Morgan fingerprint density at radius 1 is 1.40 bits per heavy atom. The lowest BCUT2D eigenvalue weighted by Crippen LogP contribution is -2.16. The fourth-order valence-electron chi connectivity index (χ4n) is 2.20. The van der Waals surface area contributed by atoms with Crippen LogP contribution in [0.5, 0.6) is 0 Å². The highest BCUT2D eigenvalue weighted by Gasteiger charge is 2.29. The summed E-state index contributed by atoms with van der Waals surface area (Å²) in [7, 11) is 1.73. The average molecular weight is 291 g/mol. The third-order valence-corrected chi connectivity index (χ3v) is 4.32. The monoisotopic (exact) mass is 291 g/mol. The molecule has 1 saturated heterocycles. The summed E-state index contributed by atoms with van der Waals surface area (Å²) in [5, 5.41) is 7.37. The molecule has 2 atom stereocenters. The van der Waals surface area contributed by atoms with E-state index in [0.29, 0.717) is 11.6 Å². The Balaban J connectivity index is 1.57. The summed E-state index contributed by atoms with van der Waals surface area (Å²) in [6.07, 6.45) is 1.11. The van der Waals surface area contributed by atoms with Crippen molar-refractivity contribution in [1.82, 2.24) is 15.5 Å². The molecular weight excluding hydrogens is 274 g/mol. The smallest absolute Gasteiger partial charge is 0.243 e. The molecule has 0 bridgehead atoms. The summed E-state index contributed by atoms with van der Waals surface area (Å²) < 4.78 is 10.7. The summed E-state index contributed by atoms with van der Waals surface area (Å²) >= 11 is 1.70. The molecule has 1 N–H and O–H groups in total. The van der Waals surface area contributed by atoms with Crippen LogP contribution in [-0.2, 0) is 10.5 Å². The highest BCUT2D eigenvalue weighted by atomic mass is 32.2. The number of nitrogens with one attached hydrogen (secondary N) is 1. The molecule has 3 rings (SSSR count). The van der Waals surface area contributed by atoms with E-state index in [1.54, 1.807) is 18.9 Å². The minimum atomic E-state index is 0.114. The van der Waals surface area contributed by atoms with Gasteiger partial charge in [0, 0.05) is 18.6 Å². The number of methoxy groups -OCH3 is 1. The number of thioether (sulfide) groups is 1. The zero-order chi connectivity index (χ0) is 13.8. The van der Waals surface area contributed by atoms with Gasteiger partial charge in [0.1, 0.15) is 0 Å². The van der Waals surface area contributed by atoms with Gasteiger partial charge in [0.15, 0.2) is 5.82 Å². The minimum absolute atomic E-state index is 0.114. The second kappa shape index (κ2) is 6.39. The Labute approximate surface area is 122 Å². The number of ether oxygens (including phenoxy) is 1. The van der Waals surface area contributed by atoms with E-state index in [4.69, 9.17) is 9.26 Å². The van der Waals surface area contributed by atoms with Gasteiger partial charge in [-0.2, -0.15) is 4.98 Å². The van der Waals surface area contributed by atoms with E-state index in [0.717, 1.165) is 18.8 Å². The maximum Gasteiger partial charge on any atom is 0.243 e. The van der Waals surface area contributed by atoms with Gasteiger partial charge >= 0.3 is 0 Å². The maximum atomic E-state index is 5.34. The largest absolute Gasteiger partial charge is 0.380 e. The van der Waals surface area contributed by atoms with Gasteiger partial charge in [0.2, 0.25) is 5.89 Å². The number of hydrogen-bond donors (Lipinski definition) is 1. The molecule has 1 fully saturated rings. The van der Waals surface area contributed by atoms with Crippen molar-refractivity contribution in [2.75, 3.05) is 13.7 Å². The molecule has 0 spiro atoms. The number of rotatable bonds is 5. The molecule has 2 aromatic rings. The second-order valence-electron chi connectivity index (χ2n) is 4.70. The molecule has 20 heavy (non-hydrogen) atoms. The number of benzene rings is 1. The predicted octanol–water partition coefficient (Wildman–Crippen LogP) is 2.41. The maximum absolute atomic E-state index is 5.34. The topological polar surface area (TPSA) is 60.2 Å². The van der Waals surface area contributed by atoms with Gasteiger partial charge < -0.3 is 14.6 Å². The fraction of sp³-hybridized carbons (Fsp3) is 0.429. The molecule has 1 aliphatic heterocycles. The van der Waals surface area contributed by atoms with Crippen LogP contribution in [0.1, 0.15) is 24.2 Å². The van der Waals surface area contributed by atoms with E-state index in [-0.39, 0.29) is 12.1 Å². The first kappa shape index (κ1) is 13.6. The number of hydrogen-bond acceptors (Lipinski definition) is 6. The minimum Gasteiger partial charge on any atom is -0.380 e. The van der Waals surface area contributed by atoms with Crippen LogP contribution < -0.4 is 5.32 Å². The summed E-state index contributed by atoms with van der Waals surface area (Å²) in [6, 6.07) is 10.3. The summed E-state index contributed by atoms with van der Waals surface area (Å²) in [5.74, 6) is 2.11. The molecule has 0 amide bonds. The van der Waals surface area contributed by atoms with Crippen LogP contribution in [0.4, 0.5) is 0 Å². The van der Waals surface area contributed by atoms with Gasteiger partial charge in [-0.1, -0.05) is 23.4 Å². The van der Waals surface area contributed by atoms with Crippen molar-refractivity contribution in [3.63, 3.8) is 0 Å². The molecule has 1 aliphatic rings. The van der Waals surface area contributed by atoms with E-state index in [2.05, 4.69) is 27.6 Å². The van der Waals surface area contributed by atoms with Gasteiger partial charge in [0.05, 0.1) is 17.9 Å². The van der Waals surface area contributed by atoms with E-state index in [1.165, 1.54) is 4.90 Å². The Morgan fingerprint density at radius 3 is 3.00 bits per heavy atom. The van der Waals surface area contributed by atoms with Crippen molar-refractivity contribution in [2.45, 2.75) is 29.2 Å². The molecule has 0 saturated carbocycles. The lowest BCUT2D eigenvalue weighted by molar-refractivity contribution is 0.116. The molecule has 6 heteroatoms. The molecule has 5 nitrogen and oxygen atoms in total. The summed E-state index contributed by atoms with van der Waals surface area (Å²) in [6.45, 7) is 0.831. The van der Waals surface area contributed by atoms with Gasteiger partial charge in [-0.25, -0.2) is 0 Å². The third kappa shape index (κ3) is 3.20. The van der Waals surface area contributed by atoms with Crippen LogP contribution >= 0.6 is 11.8 Å². The molecule has 2 heterocycles. The van der Waals surface area contributed by atoms with Gasteiger partial charge in [-0.15, -0.1) is 11.8 Å². The van der Waals surface area contributed by atoms with Crippen molar-refractivity contribution in [1.29, 1.82) is 0 Å². The summed E-state index contributed by atoms with van der Waals surface area (Å²) in [4.78, 5) is 5.67. The van der Waals surface area contributed by atoms with Crippen LogP contribution in [0.15, 0.2) is 39.8 Å². The van der Waals surface area contributed by atoms with Gasteiger partial charge in [-0.05, 0) is 18.6 Å². The average Bonchev–Trinajstić information content (AvgIpc) is 3.15. The number of nitrogens with zero attached hydrogens (tertiary/aromatic N) is 2. The van der Waals surface area contributed by atoms with Crippen molar-refractivity contribution in [3.05, 3.63) is 42.0 Å². The van der Waals surface area contributed by atoms with Crippen LogP contribution in [0, 0.1) is 0 Å². The van der Waals surface area contributed by atoms with Gasteiger partial charge in [-0.3, -0.25) is 0 Å². The SMILES string of the molecule is COC1CNC(c2nc(CSc3ccccc3)no2)C1. The Morgan fingerprint density at radius 2 is 2.25 bits per heavy atom. The highest BCUT2D eigenvalue weighted by Crippen LogP contribution is 2.25. The summed E-state index contributed by atoms with van der Waals surface area (Å²) in [5.41, 5.74) is 0. The molecule has 0 radical (unpaired) electrons. The lowest BCUT2D eigenvalue weighted by Gasteiger charge is -2.04. The van der Waals surface area contributed by atoms with Crippen LogP contribution in [-0.4, -0.2) is 29.9 Å². The fourth-order valence-corrected chi connectivity index (χ4v) is 2.97. The normalized spacial score (nSPS) is 22.2. The van der Waals surface area contributed by atoms with E-state index in [9.17, 15) is 0 Å². The van der Waals surface area contributed by atoms with Crippen LogP contribution in [0.3, 0.4) is 0 Å². The Kier molecular flexibility index (Phi) is 4.34. The molecule has 106 valence electrons. The first-order valence-corrected chi connectivity index (χ1v) is 7.60. The standard InChI is InChI=1S/C14H17N3O2S/c1-18-10-7-12(15-8-10)14-16-13(17-19-14)9-20-11-5-3-2-4-6-11/h2-6,10,12,15H,7-9H2,1H3. The molecule has 1 aromatic heterocycles. The van der Waals surface area contributed by atoms with Crippen LogP contribution in [0.25, 0.3) is 0 Å². The van der Waals surface area contributed by atoms with Crippen molar-refractivity contribution in [2.24, 2.45) is 0 Å². The zero-order valence-corrected chi connectivity index (χ0v) is 12.1. The Hall–Kier alpha value is -1.37. The predicted molar refractivity (Wildman–Crippen MR) is 76.5 cm³/mol. The first-order valence-electron chi connectivity index (χ1n) is 6.61. The zero-order valence-electron chi connectivity index (χ0n) is 11.3. The molecule has 2 unspecified atom stereocenters. The van der Waals surface area contributed by atoms with E-state index >= 15 is 0 Å². The highest BCUT2D eigenvalue weighted by molar-refractivity contribution is 7.98. The first-order chi connectivity index (χ1) is 9.85. The van der Waals surface area contributed by atoms with Crippen LogP contribution in [0.2, 0.25) is 0 Å². The number of aromatic nitrogens is 2. The van der Waals surface area contributed by atoms with E-state index < -0.39 is 0 Å². The third-order valence-electron chi connectivity index (χ3n) is 3.32.